The third-order valence-electron chi connectivity index (χ3n) is 2.05. The summed E-state index contributed by atoms with van der Waals surface area (Å²) in [4.78, 5) is 5.17. The van der Waals surface area contributed by atoms with Crippen LogP contribution in [0.15, 0.2) is 12.1 Å². The van der Waals surface area contributed by atoms with Gasteiger partial charge in [0.2, 0.25) is 11.8 Å². The quantitative estimate of drug-likeness (QED) is 0.560. The highest BCUT2D eigenvalue weighted by atomic mass is 35.5. The number of aromatic hydroxyl groups is 2. The summed E-state index contributed by atoms with van der Waals surface area (Å²) in [7, 11) is 0. The highest BCUT2D eigenvalue weighted by Gasteiger charge is 2.05. The van der Waals surface area contributed by atoms with E-state index in [1.54, 1.807) is 0 Å². The third kappa shape index (κ3) is 3.91. The number of hydrogen-bond acceptors (Lipinski definition) is 3. The van der Waals surface area contributed by atoms with Gasteiger partial charge in [0.25, 0.3) is 0 Å². The van der Waals surface area contributed by atoms with E-state index in [1.165, 1.54) is 12.1 Å². The van der Waals surface area contributed by atoms with E-state index >= 15 is 0 Å². The summed E-state index contributed by atoms with van der Waals surface area (Å²) in [5.41, 5.74) is 0. The summed E-state index contributed by atoms with van der Waals surface area (Å²) >= 11 is 5.54. The highest BCUT2D eigenvalue weighted by Crippen LogP contribution is 2.18. The normalized spacial score (nSPS) is 10.5. The number of hydrogen-bond donors (Lipinski definition) is 2. The van der Waals surface area contributed by atoms with Crippen molar-refractivity contribution in [3.05, 3.63) is 12.1 Å². The first-order chi connectivity index (χ1) is 7.25. The minimum Gasteiger partial charge on any atom is -0.492 e. The van der Waals surface area contributed by atoms with Crippen LogP contribution in [-0.2, 0) is 0 Å². The Labute approximate surface area is 94.0 Å². The Kier molecular flexibility index (Phi) is 5.18. The maximum atomic E-state index is 9.23. The first-order valence-electron chi connectivity index (χ1n) is 5.04. The second kappa shape index (κ2) is 6.45. The van der Waals surface area contributed by atoms with Crippen molar-refractivity contribution in [2.45, 2.75) is 25.7 Å². The van der Waals surface area contributed by atoms with E-state index in [4.69, 9.17) is 16.4 Å². The van der Waals surface area contributed by atoms with E-state index in [1.807, 2.05) is 0 Å². The van der Waals surface area contributed by atoms with Crippen molar-refractivity contribution in [3.63, 3.8) is 0 Å². The predicted molar refractivity (Wildman–Crippen MR) is 58.4 cm³/mol. The largest absolute Gasteiger partial charge is 0.492 e. The number of rotatable bonds is 7. The Morgan fingerprint density at radius 2 is 1.67 bits per heavy atom. The van der Waals surface area contributed by atoms with Gasteiger partial charge in [-0.15, -0.1) is 16.3 Å². The Morgan fingerprint density at radius 3 is 2.27 bits per heavy atom. The molecular weight excluding hydrogens is 218 g/mol. The lowest BCUT2D eigenvalue weighted by Crippen LogP contribution is -2.11. The van der Waals surface area contributed by atoms with Crippen molar-refractivity contribution < 1.29 is 15.1 Å². The molecule has 0 aliphatic rings. The first kappa shape index (κ1) is 12.0. The standard InChI is InChI=1S/C10H16ClNO3/c11-7-3-1-2-4-8-15-12-9(13)5-6-10(12)14/h5-6,13-14H,1-4,7-8H2. The lowest BCUT2D eigenvalue weighted by molar-refractivity contribution is 0.0728. The van der Waals surface area contributed by atoms with Crippen LogP contribution in [0.2, 0.25) is 0 Å². The molecule has 4 nitrogen and oxygen atoms in total. The monoisotopic (exact) mass is 233 g/mol. The van der Waals surface area contributed by atoms with Crippen molar-refractivity contribution in [1.29, 1.82) is 0 Å². The van der Waals surface area contributed by atoms with Crippen molar-refractivity contribution in [2.24, 2.45) is 0 Å². The number of halogens is 1. The average molecular weight is 234 g/mol. The van der Waals surface area contributed by atoms with Crippen LogP contribution in [0.3, 0.4) is 0 Å². The maximum Gasteiger partial charge on any atom is 0.229 e. The van der Waals surface area contributed by atoms with Crippen LogP contribution in [0.25, 0.3) is 0 Å². The molecule has 0 bridgehead atoms. The molecule has 1 aromatic heterocycles. The fourth-order valence-corrected chi connectivity index (χ4v) is 1.43. The average Bonchev–Trinajstić information content (AvgIpc) is 2.54. The Bertz CT molecular complexity index is 269. The molecule has 86 valence electrons. The summed E-state index contributed by atoms with van der Waals surface area (Å²) in [6.45, 7) is 0.470. The molecular formula is C10H16ClNO3. The minimum absolute atomic E-state index is 0.0896. The molecule has 15 heavy (non-hydrogen) atoms. The first-order valence-corrected chi connectivity index (χ1v) is 5.58. The van der Waals surface area contributed by atoms with Crippen LogP contribution in [0.5, 0.6) is 11.8 Å². The van der Waals surface area contributed by atoms with E-state index in [0.29, 0.717) is 12.5 Å². The Hall–Kier alpha value is -1.03. The SMILES string of the molecule is Oc1ccc(O)n1OCCCCCCCl. The maximum absolute atomic E-state index is 9.23. The van der Waals surface area contributed by atoms with E-state index < -0.39 is 0 Å². The molecule has 0 fully saturated rings. The zero-order valence-electron chi connectivity index (χ0n) is 8.53. The van der Waals surface area contributed by atoms with Crippen LogP contribution in [0.1, 0.15) is 25.7 Å². The molecule has 1 rings (SSSR count). The van der Waals surface area contributed by atoms with Crippen LogP contribution >= 0.6 is 11.6 Å². The van der Waals surface area contributed by atoms with Gasteiger partial charge in [-0.05, 0) is 19.3 Å². The fraction of sp³-hybridized carbons (Fsp3) is 0.600. The van der Waals surface area contributed by atoms with Gasteiger partial charge in [-0.2, -0.15) is 0 Å². The number of alkyl halides is 1. The minimum atomic E-state index is -0.0896. The van der Waals surface area contributed by atoms with Gasteiger partial charge < -0.3 is 15.1 Å². The molecule has 0 aromatic carbocycles. The molecule has 0 amide bonds. The van der Waals surface area contributed by atoms with Crippen LogP contribution in [0, 0.1) is 0 Å². The van der Waals surface area contributed by atoms with Crippen LogP contribution < -0.4 is 4.84 Å². The summed E-state index contributed by atoms with van der Waals surface area (Å²) < 4.78 is 1.02. The van der Waals surface area contributed by atoms with Gasteiger partial charge in [0, 0.05) is 18.0 Å². The molecule has 0 spiro atoms. The lowest BCUT2D eigenvalue weighted by Gasteiger charge is -2.08. The van der Waals surface area contributed by atoms with Crippen molar-refractivity contribution in [1.82, 2.24) is 4.73 Å². The van der Waals surface area contributed by atoms with E-state index in [-0.39, 0.29) is 11.8 Å². The topological polar surface area (TPSA) is 54.6 Å². The highest BCUT2D eigenvalue weighted by molar-refractivity contribution is 6.17. The number of nitrogens with zero attached hydrogens (tertiary/aromatic N) is 1. The molecule has 0 aliphatic heterocycles. The summed E-state index contributed by atoms with van der Waals surface area (Å²) in [6.07, 6.45) is 4.02. The van der Waals surface area contributed by atoms with Crippen molar-refractivity contribution in [3.8, 4) is 11.8 Å². The Balaban J connectivity index is 2.15. The van der Waals surface area contributed by atoms with Gasteiger partial charge >= 0.3 is 0 Å². The zero-order valence-corrected chi connectivity index (χ0v) is 9.28. The second-order valence-corrected chi connectivity index (χ2v) is 3.66. The van der Waals surface area contributed by atoms with E-state index in [9.17, 15) is 10.2 Å². The van der Waals surface area contributed by atoms with Crippen LogP contribution in [0.4, 0.5) is 0 Å². The van der Waals surface area contributed by atoms with Gasteiger partial charge in [0.05, 0.1) is 0 Å². The van der Waals surface area contributed by atoms with Crippen molar-refractivity contribution >= 4 is 11.6 Å². The van der Waals surface area contributed by atoms with Crippen LogP contribution in [-0.4, -0.2) is 27.4 Å². The lowest BCUT2D eigenvalue weighted by atomic mass is 10.2. The van der Waals surface area contributed by atoms with Gasteiger partial charge in [0.1, 0.15) is 6.61 Å². The molecule has 0 saturated heterocycles. The molecule has 0 atom stereocenters. The van der Waals surface area contributed by atoms with Gasteiger partial charge in [-0.1, -0.05) is 6.42 Å². The molecule has 0 radical (unpaired) electrons. The smallest absolute Gasteiger partial charge is 0.229 e. The van der Waals surface area contributed by atoms with E-state index in [2.05, 4.69) is 0 Å². The van der Waals surface area contributed by atoms with Crippen molar-refractivity contribution in [2.75, 3.05) is 12.5 Å². The predicted octanol–water partition coefficient (Wildman–Crippen LogP) is 2.13. The van der Waals surface area contributed by atoms with E-state index in [0.717, 1.165) is 30.4 Å². The van der Waals surface area contributed by atoms with Gasteiger partial charge in [0.15, 0.2) is 0 Å². The second-order valence-electron chi connectivity index (χ2n) is 3.28. The molecule has 1 aromatic rings. The molecule has 0 saturated carbocycles. The zero-order chi connectivity index (χ0) is 11.1. The third-order valence-corrected chi connectivity index (χ3v) is 2.31. The summed E-state index contributed by atoms with van der Waals surface area (Å²) in [5.74, 6) is 0.515. The van der Waals surface area contributed by atoms with Gasteiger partial charge in [-0.25, -0.2) is 0 Å². The fourth-order valence-electron chi connectivity index (χ4n) is 1.24. The Morgan fingerprint density at radius 1 is 1.07 bits per heavy atom. The number of aromatic nitrogens is 1. The molecule has 5 heteroatoms. The van der Waals surface area contributed by atoms with Gasteiger partial charge in [-0.3, -0.25) is 0 Å². The molecule has 2 N–H and O–H groups in total. The number of unbranched alkanes of at least 4 members (excludes halogenated alkanes) is 3. The molecule has 0 unspecified atom stereocenters. The summed E-state index contributed by atoms with van der Waals surface area (Å²) in [6, 6.07) is 2.76. The molecule has 0 aliphatic carbocycles. The summed E-state index contributed by atoms with van der Waals surface area (Å²) in [5, 5.41) is 18.5. The molecule has 1 heterocycles.